The molecule has 0 aromatic heterocycles. The van der Waals surface area contributed by atoms with Gasteiger partial charge in [-0.15, -0.1) is 0 Å². The van der Waals surface area contributed by atoms with Crippen LogP contribution in [0.2, 0.25) is 5.02 Å². The number of carbonyl (C=O) groups excluding carboxylic acids is 4. The highest BCUT2D eigenvalue weighted by Crippen LogP contribution is 2.17. The third-order valence-corrected chi connectivity index (χ3v) is 4.74. The number of halogens is 1. The third kappa shape index (κ3) is 6.50. The molecule has 10 heteroatoms. The average molecular weight is 479 g/mol. The predicted octanol–water partition coefficient (Wildman–Crippen LogP) is 3.14. The van der Waals surface area contributed by atoms with Crippen molar-refractivity contribution in [2.45, 2.75) is 6.92 Å². The highest BCUT2D eigenvalue weighted by atomic mass is 35.5. The summed E-state index contributed by atoms with van der Waals surface area (Å²) in [6, 6.07) is 18.6. The van der Waals surface area contributed by atoms with Crippen LogP contribution in [0.15, 0.2) is 77.9 Å². The molecular formula is C24H19ClN4O5. The van der Waals surface area contributed by atoms with Gasteiger partial charge >= 0.3 is 17.8 Å². The zero-order chi connectivity index (χ0) is 24.7. The summed E-state index contributed by atoms with van der Waals surface area (Å²) in [7, 11) is 0. The Morgan fingerprint density at radius 3 is 2.12 bits per heavy atom. The zero-order valence-electron chi connectivity index (χ0n) is 17.9. The van der Waals surface area contributed by atoms with Gasteiger partial charge in [-0.3, -0.25) is 14.4 Å². The molecule has 0 fully saturated rings. The highest BCUT2D eigenvalue weighted by Gasteiger charge is 2.14. The molecule has 0 spiro atoms. The predicted molar refractivity (Wildman–Crippen MR) is 127 cm³/mol. The Hall–Kier alpha value is -4.50. The maximum Gasteiger partial charge on any atom is 0.343 e. The van der Waals surface area contributed by atoms with E-state index in [1.165, 1.54) is 30.3 Å². The molecule has 3 aromatic carbocycles. The summed E-state index contributed by atoms with van der Waals surface area (Å²) in [5.41, 5.74) is 9.28. The summed E-state index contributed by atoms with van der Waals surface area (Å²) < 4.78 is 5.31. The van der Waals surface area contributed by atoms with Crippen molar-refractivity contribution < 1.29 is 23.9 Å². The SMILES string of the molecule is C/C(=N\NC(=O)C(=O)Nc1ccc(C(N)=O)cc1)c1ccc(OC(=O)c2cccc(Cl)c2)cc1. The number of nitrogens with zero attached hydrogens (tertiary/aromatic N) is 1. The van der Waals surface area contributed by atoms with Gasteiger partial charge in [0.2, 0.25) is 5.91 Å². The molecule has 0 saturated heterocycles. The summed E-state index contributed by atoms with van der Waals surface area (Å²) in [4.78, 5) is 47.3. The van der Waals surface area contributed by atoms with E-state index in [1.54, 1.807) is 49.4 Å². The van der Waals surface area contributed by atoms with Gasteiger partial charge < -0.3 is 15.8 Å². The molecule has 3 rings (SSSR count). The second-order valence-corrected chi connectivity index (χ2v) is 7.39. The molecule has 9 nitrogen and oxygen atoms in total. The Balaban J connectivity index is 1.55. The molecule has 0 aliphatic carbocycles. The van der Waals surface area contributed by atoms with Crippen LogP contribution in [0.5, 0.6) is 5.75 Å². The lowest BCUT2D eigenvalue weighted by Gasteiger charge is -2.07. The van der Waals surface area contributed by atoms with E-state index in [0.29, 0.717) is 33.3 Å². The average Bonchev–Trinajstić information content (AvgIpc) is 2.83. The van der Waals surface area contributed by atoms with Crippen molar-refractivity contribution >= 4 is 46.7 Å². The van der Waals surface area contributed by atoms with Gasteiger partial charge in [0.25, 0.3) is 0 Å². The first-order valence-corrected chi connectivity index (χ1v) is 10.2. The summed E-state index contributed by atoms with van der Waals surface area (Å²) in [5, 5.41) is 6.72. The number of nitrogens with one attached hydrogen (secondary N) is 2. The number of benzene rings is 3. The Bertz CT molecular complexity index is 1270. The van der Waals surface area contributed by atoms with E-state index < -0.39 is 23.7 Å². The monoisotopic (exact) mass is 478 g/mol. The van der Waals surface area contributed by atoms with Crippen LogP contribution in [0, 0.1) is 0 Å². The number of rotatable bonds is 6. The number of primary amides is 1. The standard InChI is InChI=1S/C24H19ClN4O5/c1-14(28-29-23(32)22(31)27-19-9-5-16(6-10-19)21(26)30)15-7-11-20(12-8-15)34-24(33)17-3-2-4-18(25)13-17/h2-13H,1H3,(H2,26,30)(H,27,31)(H,29,32)/b28-14+. The minimum absolute atomic E-state index is 0.271. The first-order chi connectivity index (χ1) is 16.2. The number of anilines is 1. The van der Waals surface area contributed by atoms with Crippen LogP contribution in [0.4, 0.5) is 5.69 Å². The Labute approximate surface area is 199 Å². The van der Waals surface area contributed by atoms with Crippen molar-refractivity contribution in [3.05, 3.63) is 94.5 Å². The molecular weight excluding hydrogens is 460 g/mol. The van der Waals surface area contributed by atoms with Crippen molar-refractivity contribution in [3.8, 4) is 5.75 Å². The van der Waals surface area contributed by atoms with Gasteiger partial charge in [-0.05, 0) is 79.2 Å². The quantitative estimate of drug-likeness (QED) is 0.164. The Kier molecular flexibility index (Phi) is 7.73. The molecule has 34 heavy (non-hydrogen) atoms. The van der Waals surface area contributed by atoms with E-state index in [1.807, 2.05) is 0 Å². The minimum atomic E-state index is -0.981. The summed E-state index contributed by atoms with van der Waals surface area (Å²) in [6.45, 7) is 1.63. The molecule has 0 aliphatic rings. The smallest absolute Gasteiger partial charge is 0.343 e. The van der Waals surface area contributed by atoms with Crippen molar-refractivity contribution in [1.82, 2.24) is 5.43 Å². The van der Waals surface area contributed by atoms with Crippen molar-refractivity contribution in [3.63, 3.8) is 0 Å². The number of ether oxygens (including phenoxy) is 1. The van der Waals surface area contributed by atoms with E-state index >= 15 is 0 Å². The van der Waals surface area contributed by atoms with Crippen LogP contribution in [-0.2, 0) is 9.59 Å². The number of hydrogen-bond acceptors (Lipinski definition) is 6. The number of hydrazone groups is 1. The minimum Gasteiger partial charge on any atom is -0.423 e. The molecule has 0 atom stereocenters. The number of esters is 1. The van der Waals surface area contributed by atoms with Crippen LogP contribution >= 0.6 is 11.6 Å². The van der Waals surface area contributed by atoms with Crippen LogP contribution in [0.1, 0.15) is 33.2 Å². The number of nitrogens with two attached hydrogens (primary N) is 1. The molecule has 0 aliphatic heterocycles. The summed E-state index contributed by atoms with van der Waals surface area (Å²) >= 11 is 5.88. The molecule has 172 valence electrons. The molecule has 0 saturated carbocycles. The third-order valence-electron chi connectivity index (χ3n) is 4.50. The van der Waals surface area contributed by atoms with Gasteiger partial charge in [0.1, 0.15) is 5.75 Å². The van der Waals surface area contributed by atoms with Gasteiger partial charge in [0.05, 0.1) is 11.3 Å². The second-order valence-electron chi connectivity index (χ2n) is 6.96. The topological polar surface area (TPSA) is 140 Å². The molecule has 3 aromatic rings. The second kappa shape index (κ2) is 10.9. The first kappa shape index (κ1) is 24.1. The van der Waals surface area contributed by atoms with E-state index in [4.69, 9.17) is 22.1 Å². The zero-order valence-corrected chi connectivity index (χ0v) is 18.6. The molecule has 0 unspecified atom stereocenters. The lowest BCUT2D eigenvalue weighted by molar-refractivity contribution is -0.136. The fourth-order valence-electron chi connectivity index (χ4n) is 2.70. The maximum atomic E-state index is 12.2. The van der Waals surface area contributed by atoms with Gasteiger partial charge in [-0.1, -0.05) is 17.7 Å². The summed E-state index contributed by atoms with van der Waals surface area (Å²) in [6.07, 6.45) is 0. The van der Waals surface area contributed by atoms with Crippen LogP contribution < -0.4 is 21.2 Å². The number of carbonyl (C=O) groups is 4. The molecule has 0 heterocycles. The lowest BCUT2D eigenvalue weighted by atomic mass is 10.1. The normalized spacial score (nSPS) is 10.8. The van der Waals surface area contributed by atoms with Gasteiger partial charge in [-0.2, -0.15) is 5.10 Å². The van der Waals surface area contributed by atoms with Crippen LogP contribution in [0.25, 0.3) is 0 Å². The lowest BCUT2D eigenvalue weighted by Crippen LogP contribution is -2.33. The van der Waals surface area contributed by atoms with Crippen LogP contribution in [-0.4, -0.2) is 29.4 Å². The summed E-state index contributed by atoms with van der Waals surface area (Å²) in [5.74, 6) is -2.76. The number of amides is 3. The number of hydrogen-bond donors (Lipinski definition) is 3. The van der Waals surface area contributed by atoms with E-state index in [9.17, 15) is 19.2 Å². The van der Waals surface area contributed by atoms with Crippen LogP contribution in [0.3, 0.4) is 0 Å². The molecule has 0 bridgehead atoms. The van der Waals surface area contributed by atoms with E-state index in [2.05, 4.69) is 15.8 Å². The molecule has 3 amide bonds. The van der Waals surface area contributed by atoms with E-state index in [-0.39, 0.29) is 5.56 Å². The van der Waals surface area contributed by atoms with Crippen molar-refractivity contribution in [2.24, 2.45) is 10.8 Å². The maximum absolute atomic E-state index is 12.2. The Morgan fingerprint density at radius 2 is 1.50 bits per heavy atom. The van der Waals surface area contributed by atoms with Crippen molar-refractivity contribution in [2.75, 3.05) is 5.32 Å². The highest BCUT2D eigenvalue weighted by molar-refractivity contribution is 6.39. The Morgan fingerprint density at radius 1 is 0.853 bits per heavy atom. The molecule has 4 N–H and O–H groups in total. The van der Waals surface area contributed by atoms with E-state index in [0.717, 1.165) is 0 Å². The van der Waals surface area contributed by atoms with Gasteiger partial charge in [-0.25, -0.2) is 10.2 Å². The van der Waals surface area contributed by atoms with Gasteiger partial charge in [0, 0.05) is 16.3 Å². The first-order valence-electron chi connectivity index (χ1n) is 9.86. The van der Waals surface area contributed by atoms with Gasteiger partial charge in [0.15, 0.2) is 0 Å². The molecule has 0 radical (unpaired) electrons. The fraction of sp³-hybridized carbons (Fsp3) is 0.0417. The fourth-order valence-corrected chi connectivity index (χ4v) is 2.89. The van der Waals surface area contributed by atoms with Crippen molar-refractivity contribution in [1.29, 1.82) is 0 Å². The largest absolute Gasteiger partial charge is 0.423 e.